The Bertz CT molecular complexity index is 659. The number of aliphatic imine (C=N–C) groups is 1. The third kappa shape index (κ3) is 4.15. The minimum atomic E-state index is 0.262. The second-order valence-electron chi connectivity index (χ2n) is 3.68. The Balaban J connectivity index is 2.38. The van der Waals surface area contributed by atoms with Crippen molar-refractivity contribution in [3.63, 3.8) is 0 Å². The lowest BCUT2D eigenvalue weighted by molar-refractivity contribution is 0.470. The van der Waals surface area contributed by atoms with Crippen molar-refractivity contribution in [1.82, 2.24) is 0 Å². The average molecular weight is 607 g/mol. The minimum Gasteiger partial charge on any atom is -0.506 e. The topological polar surface area (TPSA) is 32.6 Å². The van der Waals surface area contributed by atoms with Gasteiger partial charge in [-0.1, -0.05) is 15.9 Å². The van der Waals surface area contributed by atoms with Gasteiger partial charge in [0.25, 0.3) is 0 Å². The molecule has 19 heavy (non-hydrogen) atoms. The highest BCUT2D eigenvalue weighted by atomic mass is 127. The summed E-state index contributed by atoms with van der Waals surface area (Å²) in [5.74, 6) is 0.262. The van der Waals surface area contributed by atoms with E-state index in [0.29, 0.717) is 5.56 Å². The molecule has 0 aliphatic rings. The van der Waals surface area contributed by atoms with Gasteiger partial charge in [0.2, 0.25) is 0 Å². The molecule has 0 aliphatic carbocycles. The number of benzene rings is 2. The van der Waals surface area contributed by atoms with Crippen LogP contribution in [0.15, 0.2) is 44.3 Å². The molecule has 0 aromatic heterocycles. The molecule has 0 heterocycles. The summed E-state index contributed by atoms with van der Waals surface area (Å²) in [6, 6.07) is 9.58. The van der Waals surface area contributed by atoms with Crippen LogP contribution in [0.3, 0.4) is 0 Å². The van der Waals surface area contributed by atoms with E-state index in [4.69, 9.17) is 0 Å². The van der Waals surface area contributed by atoms with E-state index in [1.54, 1.807) is 6.21 Å². The monoisotopic (exact) mass is 605 g/mol. The second kappa shape index (κ2) is 6.86. The summed E-state index contributed by atoms with van der Waals surface area (Å²) in [6.45, 7) is 0. The zero-order valence-corrected chi connectivity index (χ0v) is 16.9. The molecule has 0 bridgehead atoms. The number of halogens is 4. The lowest BCUT2D eigenvalue weighted by Crippen LogP contribution is -1.87. The maximum Gasteiger partial charge on any atom is 0.137 e. The highest BCUT2D eigenvalue weighted by Crippen LogP contribution is 2.30. The molecule has 0 saturated heterocycles. The SMILES string of the molecule is Oc1c(I)cc(I)cc1C=Nc1ccc(Br)cc1Br. The summed E-state index contributed by atoms with van der Waals surface area (Å²) in [7, 11) is 0. The van der Waals surface area contributed by atoms with E-state index in [9.17, 15) is 5.11 Å². The first kappa shape index (κ1) is 15.7. The predicted octanol–water partition coefficient (Wildman–Crippen LogP) is 5.88. The molecule has 0 saturated carbocycles. The third-order valence-corrected chi connectivity index (χ3v) is 4.88. The first-order valence-corrected chi connectivity index (χ1v) is 8.89. The van der Waals surface area contributed by atoms with Gasteiger partial charge in [-0.15, -0.1) is 0 Å². The molecule has 2 aromatic rings. The predicted molar refractivity (Wildman–Crippen MR) is 103 cm³/mol. The van der Waals surface area contributed by atoms with Gasteiger partial charge < -0.3 is 5.11 Å². The van der Waals surface area contributed by atoms with Crippen LogP contribution in [-0.2, 0) is 0 Å². The van der Waals surface area contributed by atoms with Crippen molar-refractivity contribution in [1.29, 1.82) is 0 Å². The summed E-state index contributed by atoms with van der Waals surface area (Å²) in [6.07, 6.45) is 1.67. The molecule has 2 rings (SSSR count). The number of hydrogen-bond donors (Lipinski definition) is 1. The number of aromatic hydroxyl groups is 1. The van der Waals surface area contributed by atoms with Crippen LogP contribution in [0.4, 0.5) is 5.69 Å². The first-order chi connectivity index (χ1) is 8.97. The van der Waals surface area contributed by atoms with Crippen LogP contribution in [0.1, 0.15) is 5.56 Å². The van der Waals surface area contributed by atoms with Crippen LogP contribution < -0.4 is 0 Å². The van der Waals surface area contributed by atoms with E-state index in [1.165, 1.54) is 0 Å². The molecule has 1 N–H and O–H groups in total. The van der Waals surface area contributed by atoms with E-state index in [-0.39, 0.29) is 5.75 Å². The van der Waals surface area contributed by atoms with Crippen LogP contribution >= 0.6 is 77.0 Å². The maximum atomic E-state index is 9.99. The normalized spacial score (nSPS) is 11.2. The lowest BCUT2D eigenvalue weighted by atomic mass is 10.2. The number of nitrogens with zero attached hydrogens (tertiary/aromatic N) is 1. The summed E-state index contributed by atoms with van der Waals surface area (Å²) in [5, 5.41) is 9.99. The highest BCUT2D eigenvalue weighted by molar-refractivity contribution is 14.1. The molecule has 0 radical (unpaired) electrons. The van der Waals surface area contributed by atoms with Gasteiger partial charge in [0, 0.05) is 24.3 Å². The van der Waals surface area contributed by atoms with Crippen molar-refractivity contribution < 1.29 is 5.11 Å². The summed E-state index contributed by atoms with van der Waals surface area (Å²) in [4.78, 5) is 4.40. The minimum absolute atomic E-state index is 0.262. The van der Waals surface area contributed by atoms with Gasteiger partial charge in [-0.3, -0.25) is 4.99 Å². The van der Waals surface area contributed by atoms with Gasteiger partial charge >= 0.3 is 0 Å². The van der Waals surface area contributed by atoms with Gasteiger partial charge in [-0.25, -0.2) is 0 Å². The Labute approximate surface area is 155 Å². The Morgan fingerprint density at radius 3 is 2.53 bits per heavy atom. The van der Waals surface area contributed by atoms with E-state index >= 15 is 0 Å². The molecule has 0 amide bonds. The zero-order valence-electron chi connectivity index (χ0n) is 9.37. The highest BCUT2D eigenvalue weighted by Gasteiger charge is 2.05. The number of phenolic OH excluding ortho intramolecular Hbond substituents is 1. The smallest absolute Gasteiger partial charge is 0.137 e. The fourth-order valence-electron chi connectivity index (χ4n) is 1.41. The molecule has 0 aliphatic heterocycles. The van der Waals surface area contributed by atoms with Crippen molar-refractivity contribution in [2.75, 3.05) is 0 Å². The van der Waals surface area contributed by atoms with E-state index < -0.39 is 0 Å². The van der Waals surface area contributed by atoms with E-state index in [2.05, 4.69) is 82.0 Å². The third-order valence-electron chi connectivity index (χ3n) is 2.31. The summed E-state index contributed by atoms with van der Waals surface area (Å²) >= 11 is 11.2. The fourth-order valence-corrected chi connectivity index (χ4v) is 4.45. The van der Waals surface area contributed by atoms with Crippen molar-refractivity contribution in [3.8, 4) is 5.75 Å². The molecule has 0 fully saturated rings. The zero-order chi connectivity index (χ0) is 14.0. The molecular weight excluding hydrogens is 600 g/mol. The largest absolute Gasteiger partial charge is 0.506 e. The van der Waals surface area contributed by atoms with E-state index in [0.717, 1.165) is 21.8 Å². The molecule has 0 atom stereocenters. The maximum absolute atomic E-state index is 9.99. The second-order valence-corrected chi connectivity index (χ2v) is 7.86. The van der Waals surface area contributed by atoms with Crippen LogP contribution in [0.25, 0.3) is 0 Å². The Hall–Kier alpha value is 0.330. The van der Waals surface area contributed by atoms with Crippen LogP contribution in [0, 0.1) is 7.14 Å². The van der Waals surface area contributed by atoms with Crippen molar-refractivity contribution in [2.24, 2.45) is 4.99 Å². The molecule has 2 aromatic carbocycles. The quantitative estimate of drug-likeness (QED) is 0.336. The van der Waals surface area contributed by atoms with Crippen LogP contribution in [0.2, 0.25) is 0 Å². The van der Waals surface area contributed by atoms with Gasteiger partial charge in [0.1, 0.15) is 5.75 Å². The summed E-state index contributed by atoms with van der Waals surface area (Å²) in [5.41, 5.74) is 1.53. The summed E-state index contributed by atoms with van der Waals surface area (Å²) < 4.78 is 3.78. The Kier molecular flexibility index (Phi) is 5.67. The molecule has 0 unspecified atom stereocenters. The number of rotatable bonds is 2. The van der Waals surface area contributed by atoms with Gasteiger partial charge in [0.05, 0.1) is 9.26 Å². The van der Waals surface area contributed by atoms with Gasteiger partial charge in [-0.05, 0) is 91.4 Å². The van der Waals surface area contributed by atoms with Crippen molar-refractivity contribution >= 4 is 88.9 Å². The first-order valence-electron chi connectivity index (χ1n) is 5.14. The average Bonchev–Trinajstić information content (AvgIpc) is 2.33. The van der Waals surface area contributed by atoms with Crippen molar-refractivity contribution in [2.45, 2.75) is 0 Å². The molecule has 98 valence electrons. The van der Waals surface area contributed by atoms with Gasteiger partial charge in [-0.2, -0.15) is 0 Å². The molecule has 0 spiro atoms. The molecule has 2 nitrogen and oxygen atoms in total. The number of hydrogen-bond acceptors (Lipinski definition) is 2. The van der Waals surface area contributed by atoms with Crippen LogP contribution in [0.5, 0.6) is 5.75 Å². The van der Waals surface area contributed by atoms with E-state index in [1.807, 2.05) is 30.3 Å². The Morgan fingerprint density at radius 1 is 1.11 bits per heavy atom. The standard InChI is InChI=1S/C13H7Br2I2NO/c14-8-1-2-12(10(15)4-8)18-6-7-3-9(16)5-11(17)13(7)19/h1-6,19H. The number of phenols is 1. The fraction of sp³-hybridized carbons (Fsp3) is 0. The van der Waals surface area contributed by atoms with Gasteiger partial charge in [0.15, 0.2) is 0 Å². The van der Waals surface area contributed by atoms with Crippen molar-refractivity contribution in [3.05, 3.63) is 52.0 Å². The van der Waals surface area contributed by atoms with Crippen LogP contribution in [-0.4, -0.2) is 11.3 Å². The molecule has 6 heteroatoms. The lowest BCUT2D eigenvalue weighted by Gasteiger charge is -2.03. The molecular formula is C13H7Br2I2NO. The Morgan fingerprint density at radius 2 is 1.84 bits per heavy atom.